The Labute approximate surface area is 124 Å². The lowest BCUT2D eigenvalue weighted by molar-refractivity contribution is -0.138. The fourth-order valence-electron chi connectivity index (χ4n) is 1.59. The molecule has 0 unspecified atom stereocenters. The molecule has 2 N–H and O–H groups in total. The van der Waals surface area contributed by atoms with E-state index in [4.69, 9.17) is 11.0 Å². The molecule has 1 rings (SSSR count). The highest BCUT2D eigenvalue weighted by atomic mass is 32.2. The Morgan fingerprint density at radius 2 is 2.14 bits per heavy atom. The monoisotopic (exact) mass is 318 g/mol. The zero-order valence-electron chi connectivity index (χ0n) is 11.2. The van der Waals surface area contributed by atoms with Crippen molar-refractivity contribution < 1.29 is 22.7 Å². The number of rotatable bonds is 5. The first kappa shape index (κ1) is 17.2. The molecule has 1 aromatic carbocycles. The van der Waals surface area contributed by atoms with Crippen LogP contribution in [0.3, 0.4) is 0 Å². The number of halogens is 3. The Morgan fingerprint density at radius 3 is 2.67 bits per heavy atom. The van der Waals surface area contributed by atoms with Gasteiger partial charge in [-0.1, -0.05) is 0 Å². The number of alkyl halides is 3. The fraction of sp³-hybridized carbons (Fsp3) is 0.385. The van der Waals surface area contributed by atoms with Crippen LogP contribution in [0.4, 0.5) is 18.9 Å². The topological polar surface area (TPSA) is 76.1 Å². The quantitative estimate of drug-likeness (QED) is 0.389. The number of benzene rings is 1. The number of ether oxygens (including phenoxy) is 1. The molecular weight excluding hydrogens is 305 g/mol. The third-order valence-electron chi connectivity index (χ3n) is 2.46. The molecule has 0 saturated heterocycles. The summed E-state index contributed by atoms with van der Waals surface area (Å²) in [5.74, 6) is -0.737. The van der Waals surface area contributed by atoms with Gasteiger partial charge in [-0.15, -0.1) is 11.8 Å². The van der Waals surface area contributed by atoms with Crippen LogP contribution in [0, 0.1) is 11.3 Å². The first-order valence-electron chi connectivity index (χ1n) is 5.99. The smallest absolute Gasteiger partial charge is 0.417 e. The van der Waals surface area contributed by atoms with Crippen molar-refractivity contribution in [1.82, 2.24) is 0 Å². The van der Waals surface area contributed by atoms with Crippen LogP contribution in [0.2, 0.25) is 0 Å². The van der Waals surface area contributed by atoms with Crippen molar-refractivity contribution in [2.24, 2.45) is 0 Å². The van der Waals surface area contributed by atoms with Crippen LogP contribution in [-0.4, -0.2) is 18.3 Å². The largest absolute Gasteiger partial charge is 0.462 e. The average Bonchev–Trinajstić information content (AvgIpc) is 2.39. The second kappa shape index (κ2) is 7.22. The van der Waals surface area contributed by atoms with Crippen LogP contribution in [0.5, 0.6) is 0 Å². The molecule has 0 aliphatic heterocycles. The fourth-order valence-corrected chi connectivity index (χ4v) is 2.43. The molecular formula is C13H13F3N2O2S. The van der Waals surface area contributed by atoms with Gasteiger partial charge in [-0.3, -0.25) is 0 Å². The molecule has 0 bridgehead atoms. The summed E-state index contributed by atoms with van der Waals surface area (Å²) in [7, 11) is 0. The van der Waals surface area contributed by atoms with E-state index in [1.54, 1.807) is 0 Å². The molecule has 0 aliphatic rings. The number of nitrogen functional groups attached to an aromatic ring is 1. The van der Waals surface area contributed by atoms with Gasteiger partial charge in [0.1, 0.15) is 0 Å². The van der Waals surface area contributed by atoms with Gasteiger partial charge in [-0.2, -0.15) is 18.4 Å². The molecule has 0 saturated carbocycles. The number of hydrogen-bond acceptors (Lipinski definition) is 5. The first-order chi connectivity index (χ1) is 9.82. The van der Waals surface area contributed by atoms with Gasteiger partial charge in [0.2, 0.25) is 0 Å². The summed E-state index contributed by atoms with van der Waals surface area (Å²) < 4.78 is 43.5. The molecule has 0 atom stereocenters. The minimum absolute atomic E-state index is 0.0542. The molecule has 4 nitrogen and oxygen atoms in total. The molecule has 8 heteroatoms. The standard InChI is InChI=1S/C13H13F3N2O2S/c1-2-20-12(19)10-8(13(14,15)16)4-5-9(11(10)18)21-7-3-6-17/h4-5H,2-3,7,18H2,1H3. The number of anilines is 1. The molecule has 0 aliphatic carbocycles. The number of esters is 1. The summed E-state index contributed by atoms with van der Waals surface area (Å²) in [6.07, 6.45) is -4.48. The molecule has 0 amide bonds. The number of carbonyl (C=O) groups is 1. The predicted molar refractivity (Wildman–Crippen MR) is 72.8 cm³/mol. The van der Waals surface area contributed by atoms with Crippen LogP contribution in [0.1, 0.15) is 29.3 Å². The van der Waals surface area contributed by atoms with E-state index in [0.717, 1.165) is 17.8 Å². The Morgan fingerprint density at radius 1 is 1.48 bits per heavy atom. The molecule has 114 valence electrons. The second-order valence-corrected chi connectivity index (χ2v) is 5.01. The Balaban J connectivity index is 3.28. The number of nitriles is 1. The van der Waals surface area contributed by atoms with Crippen molar-refractivity contribution in [3.63, 3.8) is 0 Å². The lowest BCUT2D eigenvalue weighted by Gasteiger charge is -2.16. The van der Waals surface area contributed by atoms with Gasteiger partial charge >= 0.3 is 12.1 Å². The van der Waals surface area contributed by atoms with Crippen LogP contribution in [0.25, 0.3) is 0 Å². The van der Waals surface area contributed by atoms with Gasteiger partial charge in [0, 0.05) is 17.1 Å². The highest BCUT2D eigenvalue weighted by molar-refractivity contribution is 7.99. The van der Waals surface area contributed by atoms with E-state index in [2.05, 4.69) is 4.74 Å². The average molecular weight is 318 g/mol. The number of thioether (sulfide) groups is 1. The van der Waals surface area contributed by atoms with Gasteiger partial charge in [-0.25, -0.2) is 4.79 Å². The van der Waals surface area contributed by atoms with E-state index < -0.39 is 23.3 Å². The maximum Gasteiger partial charge on any atom is 0.417 e. The number of hydrogen-bond donors (Lipinski definition) is 1. The molecule has 1 aromatic rings. The molecule has 0 radical (unpaired) electrons. The Bertz CT molecular complexity index is 568. The first-order valence-corrected chi connectivity index (χ1v) is 6.98. The summed E-state index contributed by atoms with van der Waals surface area (Å²) in [5.41, 5.74) is 3.62. The third-order valence-corrected chi connectivity index (χ3v) is 3.54. The van der Waals surface area contributed by atoms with E-state index in [0.29, 0.717) is 10.6 Å². The van der Waals surface area contributed by atoms with Gasteiger partial charge in [-0.05, 0) is 19.1 Å². The third kappa shape index (κ3) is 4.29. The molecule has 21 heavy (non-hydrogen) atoms. The lowest BCUT2D eigenvalue weighted by Crippen LogP contribution is -2.18. The van der Waals surface area contributed by atoms with Crippen molar-refractivity contribution in [3.8, 4) is 6.07 Å². The van der Waals surface area contributed by atoms with Crippen LogP contribution in [0.15, 0.2) is 17.0 Å². The summed E-state index contributed by atoms with van der Waals surface area (Å²) in [6.45, 7) is 1.44. The molecule has 0 heterocycles. The Hall–Kier alpha value is -1.88. The number of nitrogens with two attached hydrogens (primary N) is 1. The summed E-state index contributed by atoms with van der Waals surface area (Å²) >= 11 is 1.12. The minimum Gasteiger partial charge on any atom is -0.462 e. The van der Waals surface area contributed by atoms with Crippen LogP contribution < -0.4 is 5.73 Å². The van der Waals surface area contributed by atoms with Gasteiger partial charge in [0.25, 0.3) is 0 Å². The minimum atomic E-state index is -4.70. The maximum absolute atomic E-state index is 13.0. The van der Waals surface area contributed by atoms with E-state index in [-0.39, 0.29) is 18.7 Å². The van der Waals surface area contributed by atoms with Gasteiger partial charge < -0.3 is 10.5 Å². The van der Waals surface area contributed by atoms with Crippen LogP contribution in [-0.2, 0) is 10.9 Å². The molecule has 0 fully saturated rings. The number of carbonyl (C=O) groups excluding carboxylic acids is 1. The lowest BCUT2D eigenvalue weighted by atomic mass is 10.1. The van der Waals surface area contributed by atoms with Crippen molar-refractivity contribution in [1.29, 1.82) is 5.26 Å². The molecule has 0 spiro atoms. The van der Waals surface area contributed by atoms with Crippen molar-refractivity contribution >= 4 is 23.4 Å². The predicted octanol–water partition coefficient (Wildman–Crippen LogP) is 3.47. The Kier molecular flexibility index (Phi) is 5.90. The SMILES string of the molecule is CCOC(=O)c1c(C(F)(F)F)ccc(SCCC#N)c1N. The van der Waals surface area contributed by atoms with E-state index in [1.165, 1.54) is 13.0 Å². The zero-order valence-corrected chi connectivity index (χ0v) is 12.0. The van der Waals surface area contributed by atoms with Crippen molar-refractivity contribution in [2.45, 2.75) is 24.4 Å². The normalized spacial score (nSPS) is 11.0. The molecule has 0 aromatic heterocycles. The van der Waals surface area contributed by atoms with Gasteiger partial charge in [0.05, 0.1) is 29.5 Å². The maximum atomic E-state index is 13.0. The van der Waals surface area contributed by atoms with E-state index in [9.17, 15) is 18.0 Å². The summed E-state index contributed by atoms with van der Waals surface area (Å²) in [5, 5.41) is 8.46. The van der Waals surface area contributed by atoms with E-state index in [1.807, 2.05) is 6.07 Å². The number of nitrogens with zero attached hydrogens (tertiary/aromatic N) is 1. The summed E-state index contributed by atoms with van der Waals surface area (Å²) in [4.78, 5) is 12.1. The second-order valence-electron chi connectivity index (χ2n) is 3.87. The van der Waals surface area contributed by atoms with Crippen LogP contribution >= 0.6 is 11.8 Å². The summed E-state index contributed by atoms with van der Waals surface area (Å²) in [6, 6.07) is 3.92. The van der Waals surface area contributed by atoms with Crippen molar-refractivity contribution in [3.05, 3.63) is 23.3 Å². The van der Waals surface area contributed by atoms with Crippen molar-refractivity contribution in [2.75, 3.05) is 18.1 Å². The highest BCUT2D eigenvalue weighted by Gasteiger charge is 2.37. The van der Waals surface area contributed by atoms with E-state index >= 15 is 0 Å². The van der Waals surface area contributed by atoms with Gasteiger partial charge in [0.15, 0.2) is 0 Å². The highest BCUT2D eigenvalue weighted by Crippen LogP contribution is 2.38. The zero-order chi connectivity index (χ0) is 16.0.